The van der Waals surface area contributed by atoms with Crippen LogP contribution in [0.25, 0.3) is 0 Å². The van der Waals surface area contributed by atoms with Crippen molar-refractivity contribution in [3.63, 3.8) is 0 Å². The lowest BCUT2D eigenvalue weighted by molar-refractivity contribution is -0.133. The van der Waals surface area contributed by atoms with E-state index >= 15 is 0 Å². The second-order valence-electron chi connectivity index (χ2n) is 5.64. The molecule has 0 aromatic carbocycles. The van der Waals surface area contributed by atoms with Gasteiger partial charge in [0.15, 0.2) is 9.84 Å². The molecule has 2 unspecified atom stereocenters. The molecule has 1 aliphatic rings. The van der Waals surface area contributed by atoms with Crippen LogP contribution in [0.15, 0.2) is 18.3 Å². The van der Waals surface area contributed by atoms with E-state index in [1.165, 1.54) is 7.11 Å². The van der Waals surface area contributed by atoms with E-state index in [-0.39, 0.29) is 23.5 Å². The van der Waals surface area contributed by atoms with Gasteiger partial charge < -0.3 is 15.0 Å². The van der Waals surface area contributed by atoms with Crippen LogP contribution >= 0.6 is 0 Å². The molecule has 8 heteroatoms. The van der Waals surface area contributed by atoms with Gasteiger partial charge in [0.25, 0.3) is 0 Å². The van der Waals surface area contributed by atoms with Gasteiger partial charge in [-0.1, -0.05) is 0 Å². The van der Waals surface area contributed by atoms with E-state index in [0.717, 1.165) is 0 Å². The van der Waals surface area contributed by atoms with Crippen molar-refractivity contribution in [2.24, 2.45) is 0 Å². The average Bonchev–Trinajstić information content (AvgIpc) is 2.88. The largest absolute Gasteiger partial charge is 0.481 e. The van der Waals surface area contributed by atoms with Crippen molar-refractivity contribution < 1.29 is 17.9 Å². The summed E-state index contributed by atoms with van der Waals surface area (Å²) >= 11 is 0. The van der Waals surface area contributed by atoms with E-state index in [9.17, 15) is 13.2 Å². The quantitative estimate of drug-likeness (QED) is 0.828. The summed E-state index contributed by atoms with van der Waals surface area (Å²) in [4.78, 5) is 18.4. The van der Waals surface area contributed by atoms with Crippen molar-refractivity contribution in [3.8, 4) is 5.88 Å². The fourth-order valence-electron chi connectivity index (χ4n) is 2.76. The first-order valence-electron chi connectivity index (χ1n) is 7.63. The van der Waals surface area contributed by atoms with Crippen molar-refractivity contribution in [3.05, 3.63) is 18.3 Å². The summed E-state index contributed by atoms with van der Waals surface area (Å²) in [6, 6.07) is 2.80. The molecule has 1 fully saturated rings. The number of rotatable bonds is 6. The molecule has 2 heterocycles. The molecule has 0 bridgehead atoms. The van der Waals surface area contributed by atoms with Crippen LogP contribution in [0.5, 0.6) is 5.88 Å². The van der Waals surface area contributed by atoms with Crippen LogP contribution in [0.3, 0.4) is 0 Å². The van der Waals surface area contributed by atoms with E-state index in [0.29, 0.717) is 24.5 Å². The zero-order valence-corrected chi connectivity index (χ0v) is 14.5. The number of pyridine rings is 1. The number of nitrogens with zero attached hydrogens (tertiary/aromatic N) is 2. The first-order chi connectivity index (χ1) is 10.9. The molecule has 0 radical (unpaired) electrons. The van der Waals surface area contributed by atoms with E-state index in [1.807, 2.05) is 6.92 Å². The Labute approximate surface area is 137 Å². The van der Waals surface area contributed by atoms with Gasteiger partial charge in [0, 0.05) is 18.7 Å². The molecule has 1 amide bonds. The number of anilines is 1. The Morgan fingerprint density at radius 2 is 2.26 bits per heavy atom. The van der Waals surface area contributed by atoms with Crippen LogP contribution in [0, 0.1) is 0 Å². The monoisotopic (exact) mass is 341 g/mol. The van der Waals surface area contributed by atoms with E-state index < -0.39 is 15.9 Å². The number of ether oxygens (including phenoxy) is 1. The number of sulfone groups is 1. The van der Waals surface area contributed by atoms with Crippen LogP contribution in [0.2, 0.25) is 0 Å². The Hall–Kier alpha value is -1.83. The summed E-state index contributed by atoms with van der Waals surface area (Å²) in [6.45, 7) is 4.12. The smallest absolute Gasteiger partial charge is 0.245 e. The Kier molecular flexibility index (Phi) is 5.46. The summed E-state index contributed by atoms with van der Waals surface area (Å²) in [5.74, 6) is 0.612. The second kappa shape index (κ2) is 7.16. The van der Waals surface area contributed by atoms with Crippen molar-refractivity contribution in [1.82, 2.24) is 9.88 Å². The second-order valence-corrected chi connectivity index (χ2v) is 7.87. The maximum Gasteiger partial charge on any atom is 0.245 e. The summed E-state index contributed by atoms with van der Waals surface area (Å²) in [7, 11) is -1.48. The number of methoxy groups -OCH3 is 1. The van der Waals surface area contributed by atoms with E-state index in [4.69, 9.17) is 4.74 Å². The zero-order valence-electron chi connectivity index (χ0n) is 13.7. The molecule has 23 heavy (non-hydrogen) atoms. The van der Waals surface area contributed by atoms with Gasteiger partial charge in [0.05, 0.1) is 30.5 Å². The van der Waals surface area contributed by atoms with Gasteiger partial charge in [-0.05, 0) is 26.3 Å². The van der Waals surface area contributed by atoms with Gasteiger partial charge in [-0.2, -0.15) is 0 Å². The number of aromatic nitrogens is 1. The molecule has 128 valence electrons. The predicted molar refractivity (Wildman–Crippen MR) is 88.3 cm³/mol. The molecule has 2 atom stereocenters. The first-order valence-corrected chi connectivity index (χ1v) is 9.46. The van der Waals surface area contributed by atoms with Gasteiger partial charge >= 0.3 is 0 Å². The standard InChI is InChI=1S/C15H23N3O4S/c1-4-18(13-7-8-23(20,21)10-13)15(19)11(2)17-12-5-6-14(22-3)16-9-12/h5-6,9,11,13,17H,4,7-8,10H2,1-3H3. The summed E-state index contributed by atoms with van der Waals surface area (Å²) < 4.78 is 28.3. The average molecular weight is 341 g/mol. The number of hydrogen-bond acceptors (Lipinski definition) is 6. The van der Waals surface area contributed by atoms with Gasteiger partial charge in [-0.15, -0.1) is 0 Å². The Bertz CT molecular complexity index is 645. The number of nitrogens with one attached hydrogen (secondary N) is 1. The lowest BCUT2D eigenvalue weighted by Gasteiger charge is -2.30. The molecule has 0 aliphatic carbocycles. The molecule has 2 rings (SSSR count). The normalized spacial score (nSPS) is 20.7. The number of amides is 1. The topological polar surface area (TPSA) is 88.6 Å². The third-order valence-electron chi connectivity index (χ3n) is 3.97. The number of carbonyl (C=O) groups is 1. The predicted octanol–water partition coefficient (Wildman–Crippen LogP) is 0.926. The number of hydrogen-bond donors (Lipinski definition) is 1. The molecule has 1 aliphatic heterocycles. The van der Waals surface area contributed by atoms with Crippen molar-refractivity contribution in [2.75, 3.05) is 30.5 Å². The Balaban J connectivity index is 2.01. The Morgan fingerprint density at radius 1 is 1.52 bits per heavy atom. The van der Waals surface area contributed by atoms with Gasteiger partial charge in [0.1, 0.15) is 6.04 Å². The molecular weight excluding hydrogens is 318 g/mol. The fourth-order valence-corrected chi connectivity index (χ4v) is 4.49. The van der Waals surface area contributed by atoms with E-state index in [2.05, 4.69) is 10.3 Å². The number of carbonyl (C=O) groups excluding carboxylic acids is 1. The zero-order chi connectivity index (χ0) is 17.0. The highest BCUT2D eigenvalue weighted by Crippen LogP contribution is 2.19. The first kappa shape index (κ1) is 17.5. The van der Waals surface area contributed by atoms with Gasteiger partial charge in [0.2, 0.25) is 11.8 Å². The summed E-state index contributed by atoms with van der Waals surface area (Å²) in [6.07, 6.45) is 2.11. The van der Waals surface area contributed by atoms with Crippen molar-refractivity contribution in [1.29, 1.82) is 0 Å². The highest BCUT2D eigenvalue weighted by molar-refractivity contribution is 7.91. The van der Waals surface area contributed by atoms with Crippen LogP contribution in [0.4, 0.5) is 5.69 Å². The number of likely N-dealkylation sites (N-methyl/N-ethyl adjacent to an activating group) is 1. The third kappa shape index (κ3) is 4.34. The minimum Gasteiger partial charge on any atom is -0.481 e. The molecule has 1 N–H and O–H groups in total. The molecule has 1 saturated heterocycles. The van der Waals surface area contributed by atoms with Gasteiger partial charge in [-0.25, -0.2) is 13.4 Å². The Morgan fingerprint density at radius 3 is 2.74 bits per heavy atom. The fraction of sp³-hybridized carbons (Fsp3) is 0.600. The highest BCUT2D eigenvalue weighted by atomic mass is 32.2. The molecule has 0 spiro atoms. The third-order valence-corrected chi connectivity index (χ3v) is 5.72. The van der Waals surface area contributed by atoms with Crippen LogP contribution in [0.1, 0.15) is 20.3 Å². The molecular formula is C15H23N3O4S. The molecule has 1 aromatic rings. The SMILES string of the molecule is CCN(C(=O)C(C)Nc1ccc(OC)nc1)C1CCS(=O)(=O)C1. The van der Waals surface area contributed by atoms with Crippen LogP contribution in [-0.2, 0) is 14.6 Å². The van der Waals surface area contributed by atoms with Crippen LogP contribution < -0.4 is 10.1 Å². The van der Waals surface area contributed by atoms with Crippen molar-refractivity contribution in [2.45, 2.75) is 32.4 Å². The van der Waals surface area contributed by atoms with Crippen molar-refractivity contribution >= 4 is 21.4 Å². The van der Waals surface area contributed by atoms with Gasteiger partial charge in [-0.3, -0.25) is 4.79 Å². The molecule has 0 saturated carbocycles. The highest BCUT2D eigenvalue weighted by Gasteiger charge is 2.35. The van der Waals surface area contributed by atoms with E-state index in [1.54, 1.807) is 30.2 Å². The summed E-state index contributed by atoms with van der Waals surface area (Å²) in [5.41, 5.74) is 0.710. The maximum absolute atomic E-state index is 12.6. The molecule has 7 nitrogen and oxygen atoms in total. The minimum atomic E-state index is -3.01. The minimum absolute atomic E-state index is 0.0589. The lowest BCUT2D eigenvalue weighted by Crippen LogP contribution is -2.47. The summed E-state index contributed by atoms with van der Waals surface area (Å²) in [5, 5.41) is 3.09. The molecule has 1 aromatic heterocycles. The van der Waals surface area contributed by atoms with Crippen LogP contribution in [-0.4, -0.2) is 61.5 Å². The maximum atomic E-state index is 12.6. The lowest BCUT2D eigenvalue weighted by atomic mass is 10.2.